The average molecular weight is 244 g/mol. The van der Waals surface area contributed by atoms with Gasteiger partial charge in [-0.2, -0.15) is 0 Å². The number of benzene rings is 1. The Labute approximate surface area is 105 Å². The topological polar surface area (TPSA) is 39.4 Å². The molecule has 0 amide bonds. The first-order valence-corrected chi connectivity index (χ1v) is 6.21. The first-order valence-electron chi connectivity index (χ1n) is 6.21. The van der Waals surface area contributed by atoms with Crippen LogP contribution in [0.15, 0.2) is 33.5 Å². The third kappa shape index (κ3) is 1.70. The Bertz CT molecular complexity index is 667. The van der Waals surface area contributed by atoms with Gasteiger partial charge in [-0.15, -0.1) is 0 Å². The number of hydrogen-bond acceptors (Lipinski definition) is 3. The molecule has 3 rings (SSSR count). The van der Waals surface area contributed by atoms with Crippen LogP contribution >= 0.6 is 0 Å². The Hall–Kier alpha value is -1.77. The van der Waals surface area contributed by atoms with Crippen LogP contribution < -0.4 is 10.4 Å². The highest BCUT2D eigenvalue weighted by Crippen LogP contribution is 2.38. The maximum Gasteiger partial charge on any atom is 0.336 e. The molecule has 94 valence electrons. The summed E-state index contributed by atoms with van der Waals surface area (Å²) in [4.78, 5) is 11.2. The predicted molar refractivity (Wildman–Crippen MR) is 70.1 cm³/mol. The van der Waals surface area contributed by atoms with Crippen LogP contribution in [0.1, 0.15) is 26.3 Å². The van der Waals surface area contributed by atoms with Gasteiger partial charge < -0.3 is 9.15 Å². The Morgan fingerprint density at radius 1 is 1.28 bits per heavy atom. The van der Waals surface area contributed by atoms with Crippen LogP contribution in [0, 0.1) is 5.92 Å². The fraction of sp³-hybridized carbons (Fsp3) is 0.400. The second kappa shape index (κ2) is 3.61. The van der Waals surface area contributed by atoms with Gasteiger partial charge in [-0.3, -0.25) is 0 Å². The van der Waals surface area contributed by atoms with E-state index in [1.165, 1.54) is 11.6 Å². The van der Waals surface area contributed by atoms with Crippen LogP contribution in [0.5, 0.6) is 5.75 Å². The van der Waals surface area contributed by atoms with Crippen molar-refractivity contribution in [1.82, 2.24) is 0 Å². The first kappa shape index (κ1) is 11.3. The highest BCUT2D eigenvalue weighted by Gasteiger charge is 2.33. The molecule has 1 atom stereocenters. The van der Waals surface area contributed by atoms with E-state index in [9.17, 15) is 4.79 Å². The molecule has 0 N–H and O–H groups in total. The zero-order chi connectivity index (χ0) is 12.9. The highest BCUT2D eigenvalue weighted by atomic mass is 16.5. The molecule has 3 heteroatoms. The van der Waals surface area contributed by atoms with Crippen molar-refractivity contribution < 1.29 is 9.15 Å². The zero-order valence-electron chi connectivity index (χ0n) is 10.8. The molecular formula is C15H16O3. The standard InChI is InChI=1S/C15H16O3/c1-9-6-11-7-10-4-5-14(16)17-12(10)8-13(11)18-15(9,2)3/h4-5,7-9H,6H2,1-3H3/t9-/m0/s1. The van der Waals surface area contributed by atoms with Crippen molar-refractivity contribution in [3.8, 4) is 5.75 Å². The van der Waals surface area contributed by atoms with Crippen molar-refractivity contribution >= 4 is 11.0 Å². The summed E-state index contributed by atoms with van der Waals surface area (Å²) >= 11 is 0. The third-order valence-electron chi connectivity index (χ3n) is 3.89. The lowest BCUT2D eigenvalue weighted by Gasteiger charge is -2.38. The second-order valence-electron chi connectivity index (χ2n) is 5.56. The second-order valence-corrected chi connectivity index (χ2v) is 5.56. The SMILES string of the molecule is C[C@H]1Cc2cc3ccc(=O)oc3cc2OC1(C)C. The molecule has 1 aliphatic heterocycles. The van der Waals surface area contributed by atoms with Gasteiger partial charge in [-0.1, -0.05) is 6.92 Å². The highest BCUT2D eigenvalue weighted by molar-refractivity contribution is 5.79. The fourth-order valence-corrected chi connectivity index (χ4v) is 2.36. The van der Waals surface area contributed by atoms with Crippen LogP contribution in [0.25, 0.3) is 11.0 Å². The summed E-state index contributed by atoms with van der Waals surface area (Å²) in [5.41, 5.74) is 1.26. The zero-order valence-corrected chi connectivity index (χ0v) is 10.8. The van der Waals surface area contributed by atoms with Gasteiger partial charge >= 0.3 is 5.63 Å². The van der Waals surface area contributed by atoms with Gasteiger partial charge in [-0.25, -0.2) is 4.79 Å². The van der Waals surface area contributed by atoms with E-state index in [0.717, 1.165) is 17.6 Å². The predicted octanol–water partition coefficient (Wildman–Crippen LogP) is 3.14. The van der Waals surface area contributed by atoms with Gasteiger partial charge in [-0.05, 0) is 43.9 Å². The molecule has 0 spiro atoms. The Balaban J connectivity index is 2.20. The molecule has 0 unspecified atom stereocenters. The quantitative estimate of drug-likeness (QED) is 0.668. The van der Waals surface area contributed by atoms with E-state index in [-0.39, 0.29) is 11.2 Å². The molecule has 0 saturated carbocycles. The van der Waals surface area contributed by atoms with Gasteiger partial charge in [0.05, 0.1) is 0 Å². The summed E-state index contributed by atoms with van der Waals surface area (Å²) in [6, 6.07) is 7.14. The van der Waals surface area contributed by atoms with E-state index in [4.69, 9.17) is 9.15 Å². The minimum atomic E-state index is -0.328. The molecule has 0 bridgehead atoms. The molecule has 0 radical (unpaired) electrons. The molecule has 1 aromatic carbocycles. The van der Waals surface area contributed by atoms with Crippen LogP contribution in [-0.2, 0) is 6.42 Å². The van der Waals surface area contributed by atoms with E-state index in [0.29, 0.717) is 11.5 Å². The molecule has 0 aliphatic carbocycles. The summed E-state index contributed by atoms with van der Waals surface area (Å²) in [5.74, 6) is 1.29. The summed E-state index contributed by atoms with van der Waals surface area (Å²) in [6.45, 7) is 6.37. The van der Waals surface area contributed by atoms with Crippen molar-refractivity contribution in [1.29, 1.82) is 0 Å². The minimum absolute atomic E-state index is 0.185. The van der Waals surface area contributed by atoms with Crippen LogP contribution in [-0.4, -0.2) is 5.60 Å². The molecule has 2 aromatic rings. The maximum absolute atomic E-state index is 11.2. The van der Waals surface area contributed by atoms with Gasteiger partial charge in [0.1, 0.15) is 16.9 Å². The molecule has 1 aromatic heterocycles. The lowest BCUT2D eigenvalue weighted by atomic mass is 9.84. The molecule has 0 fully saturated rings. The van der Waals surface area contributed by atoms with Crippen molar-refractivity contribution in [2.24, 2.45) is 5.92 Å². The fourth-order valence-electron chi connectivity index (χ4n) is 2.36. The van der Waals surface area contributed by atoms with E-state index in [2.05, 4.69) is 26.8 Å². The number of ether oxygens (including phenoxy) is 1. The smallest absolute Gasteiger partial charge is 0.336 e. The minimum Gasteiger partial charge on any atom is -0.487 e. The number of fused-ring (bicyclic) bond motifs is 2. The number of hydrogen-bond donors (Lipinski definition) is 0. The molecular weight excluding hydrogens is 228 g/mol. The lowest BCUT2D eigenvalue weighted by Crippen LogP contribution is -2.40. The van der Waals surface area contributed by atoms with Crippen molar-refractivity contribution in [3.05, 3.63) is 40.2 Å². The molecule has 0 saturated heterocycles. The number of rotatable bonds is 0. The largest absolute Gasteiger partial charge is 0.487 e. The molecule has 1 aliphatic rings. The Kier molecular flexibility index (Phi) is 2.27. The van der Waals surface area contributed by atoms with E-state index in [1.807, 2.05) is 6.07 Å². The van der Waals surface area contributed by atoms with Gasteiger partial charge in [0.2, 0.25) is 0 Å². The molecule has 18 heavy (non-hydrogen) atoms. The third-order valence-corrected chi connectivity index (χ3v) is 3.89. The van der Waals surface area contributed by atoms with Gasteiger partial charge in [0.25, 0.3) is 0 Å². The van der Waals surface area contributed by atoms with E-state index in [1.54, 1.807) is 6.07 Å². The average Bonchev–Trinajstić information content (AvgIpc) is 2.28. The van der Waals surface area contributed by atoms with Crippen molar-refractivity contribution in [3.63, 3.8) is 0 Å². The Morgan fingerprint density at radius 3 is 2.83 bits per heavy atom. The molecule has 2 heterocycles. The summed E-state index contributed by atoms with van der Waals surface area (Å²) < 4.78 is 11.2. The van der Waals surface area contributed by atoms with Crippen molar-refractivity contribution in [2.75, 3.05) is 0 Å². The summed E-state index contributed by atoms with van der Waals surface area (Å²) in [7, 11) is 0. The van der Waals surface area contributed by atoms with Crippen LogP contribution in [0.3, 0.4) is 0 Å². The summed E-state index contributed by atoms with van der Waals surface area (Å²) in [5, 5.41) is 0.948. The van der Waals surface area contributed by atoms with E-state index >= 15 is 0 Å². The maximum atomic E-state index is 11.2. The lowest BCUT2D eigenvalue weighted by molar-refractivity contribution is 0.0356. The summed E-state index contributed by atoms with van der Waals surface area (Å²) in [6.07, 6.45) is 0.984. The van der Waals surface area contributed by atoms with Gasteiger partial charge in [0, 0.05) is 17.5 Å². The Morgan fingerprint density at radius 2 is 2.06 bits per heavy atom. The van der Waals surface area contributed by atoms with Crippen LogP contribution in [0.4, 0.5) is 0 Å². The normalized spacial score (nSPS) is 21.4. The first-order chi connectivity index (χ1) is 8.45. The van der Waals surface area contributed by atoms with Crippen LogP contribution in [0.2, 0.25) is 0 Å². The van der Waals surface area contributed by atoms with E-state index < -0.39 is 0 Å². The van der Waals surface area contributed by atoms with Gasteiger partial charge in [0.15, 0.2) is 0 Å². The monoisotopic (exact) mass is 244 g/mol. The van der Waals surface area contributed by atoms with Crippen molar-refractivity contribution in [2.45, 2.75) is 32.8 Å². The molecule has 3 nitrogen and oxygen atoms in total.